The summed E-state index contributed by atoms with van der Waals surface area (Å²) in [6.45, 7) is 2.80. The first-order chi connectivity index (χ1) is 8.24. The van der Waals surface area contributed by atoms with Crippen LogP contribution in [0.4, 0.5) is 0 Å². The summed E-state index contributed by atoms with van der Waals surface area (Å²) in [6.07, 6.45) is 5.71. The lowest BCUT2D eigenvalue weighted by molar-refractivity contribution is -0.147. The molecule has 17 heavy (non-hydrogen) atoms. The first kappa shape index (κ1) is 14.0. The van der Waals surface area contributed by atoms with Gasteiger partial charge in [-0.2, -0.15) is 5.26 Å². The molecule has 1 aliphatic carbocycles. The average Bonchev–Trinajstić information content (AvgIpc) is 3.16. The summed E-state index contributed by atoms with van der Waals surface area (Å²) in [5, 5.41) is 8.68. The summed E-state index contributed by atoms with van der Waals surface area (Å²) in [7, 11) is 1.44. The number of carbonyl (C=O) groups excluding carboxylic acids is 1. The zero-order valence-electron chi connectivity index (χ0n) is 10.8. The Balaban J connectivity index is 2.61. The molecule has 4 heteroatoms. The molecule has 0 radical (unpaired) electrons. The lowest BCUT2D eigenvalue weighted by Gasteiger charge is -2.29. The van der Waals surface area contributed by atoms with Gasteiger partial charge in [-0.1, -0.05) is 19.8 Å². The summed E-state index contributed by atoms with van der Waals surface area (Å²) in [5.41, 5.74) is 0. The summed E-state index contributed by atoms with van der Waals surface area (Å²) in [5.74, 6) is -0.150. The van der Waals surface area contributed by atoms with Gasteiger partial charge in [0.2, 0.25) is 0 Å². The zero-order chi connectivity index (χ0) is 12.7. The molecule has 0 spiro atoms. The van der Waals surface area contributed by atoms with Gasteiger partial charge in [0, 0.05) is 19.0 Å². The molecule has 0 saturated heterocycles. The first-order valence-corrected chi connectivity index (χ1v) is 6.45. The van der Waals surface area contributed by atoms with Crippen LogP contribution in [-0.2, 0) is 9.53 Å². The van der Waals surface area contributed by atoms with Crippen LogP contribution in [0.25, 0.3) is 0 Å². The molecule has 0 aromatic rings. The topological polar surface area (TPSA) is 53.3 Å². The standard InChI is InChI=1S/C13H22N2O2/c1-3-4-6-12(13(16)17-2)15(10-5-9-14)11-7-8-11/h11-12H,3-8,10H2,1-2H3. The van der Waals surface area contributed by atoms with Gasteiger partial charge < -0.3 is 4.74 Å². The maximum atomic E-state index is 11.8. The molecule has 0 aromatic carbocycles. The molecule has 0 bridgehead atoms. The van der Waals surface area contributed by atoms with Crippen molar-refractivity contribution in [2.75, 3.05) is 13.7 Å². The van der Waals surface area contributed by atoms with E-state index in [4.69, 9.17) is 10.00 Å². The van der Waals surface area contributed by atoms with Crippen LogP contribution in [0.15, 0.2) is 0 Å². The van der Waals surface area contributed by atoms with Crippen molar-refractivity contribution in [3.05, 3.63) is 0 Å². The lowest BCUT2D eigenvalue weighted by atomic mass is 10.1. The molecule has 1 rings (SSSR count). The number of nitrogens with zero attached hydrogens (tertiary/aromatic N) is 2. The third kappa shape index (κ3) is 4.35. The number of methoxy groups -OCH3 is 1. The van der Waals surface area contributed by atoms with Crippen molar-refractivity contribution in [3.63, 3.8) is 0 Å². The number of carbonyl (C=O) groups is 1. The molecule has 96 valence electrons. The van der Waals surface area contributed by atoms with Gasteiger partial charge in [0.15, 0.2) is 0 Å². The van der Waals surface area contributed by atoms with E-state index in [1.54, 1.807) is 0 Å². The Kier molecular flexibility index (Phi) is 5.99. The highest BCUT2D eigenvalue weighted by Crippen LogP contribution is 2.30. The highest BCUT2D eigenvalue weighted by atomic mass is 16.5. The molecule has 0 heterocycles. The van der Waals surface area contributed by atoms with E-state index >= 15 is 0 Å². The van der Waals surface area contributed by atoms with Crippen LogP contribution in [0.1, 0.15) is 45.4 Å². The molecule has 0 aromatic heterocycles. The Hall–Kier alpha value is -1.08. The van der Waals surface area contributed by atoms with Crippen LogP contribution in [0.5, 0.6) is 0 Å². The van der Waals surface area contributed by atoms with Gasteiger partial charge in [-0.3, -0.25) is 9.69 Å². The molecular weight excluding hydrogens is 216 g/mol. The van der Waals surface area contributed by atoms with Crippen LogP contribution in [0.2, 0.25) is 0 Å². The maximum Gasteiger partial charge on any atom is 0.323 e. The fourth-order valence-corrected chi connectivity index (χ4v) is 2.13. The van der Waals surface area contributed by atoms with E-state index in [0.717, 1.165) is 32.1 Å². The summed E-state index contributed by atoms with van der Waals surface area (Å²) in [4.78, 5) is 14.0. The summed E-state index contributed by atoms with van der Waals surface area (Å²) < 4.78 is 4.88. The molecule has 4 nitrogen and oxygen atoms in total. The second kappa shape index (κ2) is 7.29. The Morgan fingerprint density at radius 3 is 2.76 bits per heavy atom. The van der Waals surface area contributed by atoms with Gasteiger partial charge in [0.25, 0.3) is 0 Å². The molecule has 1 saturated carbocycles. The fraction of sp³-hybridized carbons (Fsp3) is 0.846. The van der Waals surface area contributed by atoms with E-state index < -0.39 is 0 Å². The average molecular weight is 238 g/mol. The lowest BCUT2D eigenvalue weighted by Crippen LogP contribution is -2.43. The van der Waals surface area contributed by atoms with Gasteiger partial charge >= 0.3 is 5.97 Å². The third-order valence-electron chi connectivity index (χ3n) is 3.20. The number of hydrogen-bond acceptors (Lipinski definition) is 4. The number of ether oxygens (including phenoxy) is 1. The molecular formula is C13H22N2O2. The summed E-state index contributed by atoms with van der Waals surface area (Å²) in [6, 6.07) is 2.49. The van der Waals surface area contributed by atoms with E-state index in [1.165, 1.54) is 7.11 Å². The van der Waals surface area contributed by atoms with Crippen LogP contribution >= 0.6 is 0 Å². The van der Waals surface area contributed by atoms with E-state index in [0.29, 0.717) is 19.0 Å². The van der Waals surface area contributed by atoms with Gasteiger partial charge in [0.05, 0.1) is 13.2 Å². The summed E-state index contributed by atoms with van der Waals surface area (Å²) >= 11 is 0. The number of rotatable bonds is 8. The SMILES string of the molecule is CCCCC(C(=O)OC)N(CCC#N)C1CC1. The van der Waals surface area contributed by atoms with Crippen molar-refractivity contribution < 1.29 is 9.53 Å². The minimum Gasteiger partial charge on any atom is -0.468 e. The van der Waals surface area contributed by atoms with Crippen LogP contribution < -0.4 is 0 Å². The van der Waals surface area contributed by atoms with E-state index in [9.17, 15) is 4.79 Å². The Bertz CT molecular complexity index is 282. The predicted octanol–water partition coefficient (Wildman–Crippen LogP) is 2.10. The second-order valence-electron chi connectivity index (χ2n) is 4.56. The van der Waals surface area contributed by atoms with Crippen LogP contribution in [-0.4, -0.2) is 36.6 Å². The quantitative estimate of drug-likeness (QED) is 0.608. The maximum absolute atomic E-state index is 11.8. The van der Waals surface area contributed by atoms with Crippen molar-refractivity contribution in [1.29, 1.82) is 5.26 Å². The normalized spacial score (nSPS) is 16.6. The Labute approximate surface area is 104 Å². The smallest absolute Gasteiger partial charge is 0.323 e. The minimum atomic E-state index is -0.152. The highest BCUT2D eigenvalue weighted by Gasteiger charge is 2.36. The predicted molar refractivity (Wildman–Crippen MR) is 65.3 cm³/mol. The molecule has 1 atom stereocenters. The van der Waals surface area contributed by atoms with Crippen molar-refractivity contribution in [2.24, 2.45) is 0 Å². The molecule has 0 N–H and O–H groups in total. The minimum absolute atomic E-state index is 0.150. The number of esters is 1. The van der Waals surface area contributed by atoms with Crippen LogP contribution in [0, 0.1) is 11.3 Å². The molecule has 0 amide bonds. The number of unbranched alkanes of at least 4 members (excludes halogenated alkanes) is 1. The molecule has 1 unspecified atom stereocenters. The molecule has 0 aliphatic heterocycles. The Morgan fingerprint density at radius 2 is 2.29 bits per heavy atom. The second-order valence-corrected chi connectivity index (χ2v) is 4.56. The monoisotopic (exact) mass is 238 g/mol. The first-order valence-electron chi connectivity index (χ1n) is 6.45. The Morgan fingerprint density at radius 1 is 1.59 bits per heavy atom. The number of nitriles is 1. The van der Waals surface area contributed by atoms with Crippen molar-refractivity contribution >= 4 is 5.97 Å². The van der Waals surface area contributed by atoms with Gasteiger partial charge in [-0.05, 0) is 19.3 Å². The number of hydrogen-bond donors (Lipinski definition) is 0. The van der Waals surface area contributed by atoms with Crippen molar-refractivity contribution in [2.45, 2.75) is 57.5 Å². The van der Waals surface area contributed by atoms with Crippen molar-refractivity contribution in [3.8, 4) is 6.07 Å². The van der Waals surface area contributed by atoms with Crippen LogP contribution in [0.3, 0.4) is 0 Å². The zero-order valence-corrected chi connectivity index (χ0v) is 10.8. The van der Waals surface area contributed by atoms with Gasteiger partial charge in [-0.25, -0.2) is 0 Å². The fourth-order valence-electron chi connectivity index (χ4n) is 2.13. The van der Waals surface area contributed by atoms with E-state index in [1.807, 2.05) is 0 Å². The van der Waals surface area contributed by atoms with Gasteiger partial charge in [-0.15, -0.1) is 0 Å². The van der Waals surface area contributed by atoms with E-state index in [-0.39, 0.29) is 12.0 Å². The van der Waals surface area contributed by atoms with Crippen molar-refractivity contribution in [1.82, 2.24) is 4.90 Å². The van der Waals surface area contributed by atoms with Gasteiger partial charge in [0.1, 0.15) is 6.04 Å². The van der Waals surface area contributed by atoms with E-state index in [2.05, 4.69) is 17.9 Å². The molecule has 1 aliphatic rings. The largest absolute Gasteiger partial charge is 0.468 e. The molecule has 1 fully saturated rings. The highest BCUT2D eigenvalue weighted by molar-refractivity contribution is 5.75. The third-order valence-corrected chi connectivity index (χ3v) is 3.20.